The molecule has 0 unspecified atom stereocenters. The topological polar surface area (TPSA) is 44.5 Å². The van der Waals surface area contributed by atoms with Gasteiger partial charge in [0.25, 0.3) is 0 Å². The molecule has 1 heterocycles. The third-order valence-corrected chi connectivity index (χ3v) is 3.73. The number of halogens is 1. The predicted octanol–water partition coefficient (Wildman–Crippen LogP) is 4.96. The van der Waals surface area contributed by atoms with Crippen molar-refractivity contribution < 1.29 is 13.9 Å². The van der Waals surface area contributed by atoms with Crippen LogP contribution < -0.4 is 9.47 Å². The van der Waals surface area contributed by atoms with Crippen LogP contribution in [0.15, 0.2) is 51.4 Å². The van der Waals surface area contributed by atoms with Crippen molar-refractivity contribution in [2.75, 3.05) is 6.61 Å². The van der Waals surface area contributed by atoms with Crippen LogP contribution in [0.25, 0.3) is 11.1 Å². The fourth-order valence-corrected chi connectivity index (χ4v) is 2.44. The summed E-state index contributed by atoms with van der Waals surface area (Å²) in [4.78, 5) is 4.38. The average Bonchev–Trinajstić information content (AvgIpc) is 2.98. The van der Waals surface area contributed by atoms with E-state index in [4.69, 9.17) is 13.9 Å². The van der Waals surface area contributed by atoms with Crippen molar-refractivity contribution in [2.24, 2.45) is 0 Å². The van der Waals surface area contributed by atoms with Crippen LogP contribution in [0, 0.1) is 0 Å². The summed E-state index contributed by atoms with van der Waals surface area (Å²) < 4.78 is 17.8. The average molecular weight is 362 g/mol. The van der Waals surface area contributed by atoms with Gasteiger partial charge in [0.1, 0.15) is 12.4 Å². The number of ether oxygens (including phenoxy) is 2. The van der Waals surface area contributed by atoms with E-state index in [1.165, 1.54) is 0 Å². The van der Waals surface area contributed by atoms with Gasteiger partial charge in [0.05, 0.1) is 11.1 Å². The molecule has 0 aliphatic heterocycles. The lowest BCUT2D eigenvalue weighted by Crippen LogP contribution is -1.96. The summed E-state index contributed by atoms with van der Waals surface area (Å²) in [5.74, 6) is 0.678. The summed E-state index contributed by atoms with van der Waals surface area (Å²) in [5.41, 5.74) is 2.40. The summed E-state index contributed by atoms with van der Waals surface area (Å²) in [7, 11) is 0. The van der Waals surface area contributed by atoms with E-state index < -0.39 is 0 Å². The molecule has 0 radical (unpaired) electrons. The first-order valence-electron chi connectivity index (χ1n) is 7.16. The number of benzene rings is 2. The van der Waals surface area contributed by atoms with Crippen LogP contribution in [0.4, 0.5) is 0 Å². The van der Waals surface area contributed by atoms with Gasteiger partial charge in [-0.05, 0) is 40.0 Å². The second kappa shape index (κ2) is 6.83. The molecule has 5 heteroatoms. The number of aromatic nitrogens is 1. The number of fused-ring (bicyclic) bond motifs is 1. The highest BCUT2D eigenvalue weighted by Gasteiger charge is 2.15. The van der Waals surface area contributed by atoms with Gasteiger partial charge in [0.15, 0.2) is 11.1 Å². The number of nitrogens with zero attached hydrogens (tertiary/aromatic N) is 1. The maximum Gasteiger partial charge on any atom is 0.394 e. The predicted molar refractivity (Wildman–Crippen MR) is 88.3 cm³/mol. The molecule has 0 bridgehead atoms. The molecule has 114 valence electrons. The Morgan fingerprint density at radius 2 is 1.91 bits per heavy atom. The van der Waals surface area contributed by atoms with Crippen molar-refractivity contribution in [2.45, 2.75) is 20.0 Å². The van der Waals surface area contributed by atoms with Gasteiger partial charge in [0.2, 0.25) is 0 Å². The molecule has 22 heavy (non-hydrogen) atoms. The van der Waals surface area contributed by atoms with Gasteiger partial charge in [-0.25, -0.2) is 0 Å². The summed E-state index contributed by atoms with van der Waals surface area (Å²) in [6.07, 6.45) is 1.17. The van der Waals surface area contributed by atoms with E-state index in [0.29, 0.717) is 30.1 Å². The lowest BCUT2D eigenvalue weighted by molar-refractivity contribution is 0.237. The van der Waals surface area contributed by atoms with Crippen LogP contribution in [-0.2, 0) is 6.61 Å². The Kier molecular flexibility index (Phi) is 4.63. The van der Waals surface area contributed by atoms with E-state index in [1.54, 1.807) is 0 Å². The van der Waals surface area contributed by atoms with Gasteiger partial charge in [-0.15, -0.1) is 0 Å². The van der Waals surface area contributed by atoms with Crippen molar-refractivity contribution in [1.29, 1.82) is 0 Å². The fraction of sp³-hybridized carbons (Fsp3) is 0.235. The zero-order valence-corrected chi connectivity index (χ0v) is 13.8. The Morgan fingerprint density at radius 3 is 2.68 bits per heavy atom. The fourth-order valence-electron chi connectivity index (χ4n) is 2.04. The van der Waals surface area contributed by atoms with Gasteiger partial charge in [-0.1, -0.05) is 37.3 Å². The lowest BCUT2D eigenvalue weighted by Gasteiger charge is -2.06. The molecule has 0 fully saturated rings. The normalized spacial score (nSPS) is 10.8. The Balaban J connectivity index is 1.85. The minimum absolute atomic E-state index is 0.272. The molecule has 0 amide bonds. The van der Waals surface area contributed by atoms with Crippen LogP contribution in [0.5, 0.6) is 11.8 Å². The van der Waals surface area contributed by atoms with Crippen LogP contribution >= 0.6 is 15.9 Å². The van der Waals surface area contributed by atoms with Crippen LogP contribution in [-0.4, -0.2) is 11.6 Å². The quantitative estimate of drug-likeness (QED) is 0.622. The van der Waals surface area contributed by atoms with Crippen molar-refractivity contribution >= 4 is 27.0 Å². The molecule has 1 aromatic heterocycles. The second-order valence-electron chi connectivity index (χ2n) is 4.83. The van der Waals surface area contributed by atoms with Gasteiger partial charge < -0.3 is 13.9 Å². The summed E-state index contributed by atoms with van der Waals surface area (Å²) in [6.45, 7) is 3.09. The molecule has 3 aromatic rings. The smallest absolute Gasteiger partial charge is 0.394 e. The highest BCUT2D eigenvalue weighted by atomic mass is 79.9. The van der Waals surface area contributed by atoms with E-state index in [-0.39, 0.29) is 6.08 Å². The van der Waals surface area contributed by atoms with Crippen LogP contribution in [0.2, 0.25) is 0 Å². The Bertz CT molecular complexity index is 755. The van der Waals surface area contributed by atoms with E-state index in [1.807, 2.05) is 49.4 Å². The first-order valence-corrected chi connectivity index (χ1v) is 7.96. The molecule has 0 saturated heterocycles. The minimum Gasteiger partial charge on any atom is -0.486 e. The molecule has 0 spiro atoms. The minimum atomic E-state index is 0.272. The first kappa shape index (κ1) is 14.9. The van der Waals surface area contributed by atoms with Gasteiger partial charge in [-0.3, -0.25) is 0 Å². The number of rotatable bonds is 6. The monoisotopic (exact) mass is 361 g/mol. The molecular formula is C17H16BrNO3. The molecule has 0 aliphatic rings. The van der Waals surface area contributed by atoms with Crippen molar-refractivity contribution in [3.8, 4) is 11.8 Å². The molecule has 4 nitrogen and oxygen atoms in total. The zero-order valence-electron chi connectivity index (χ0n) is 12.2. The van der Waals surface area contributed by atoms with Gasteiger partial charge in [0, 0.05) is 0 Å². The molecule has 0 saturated carbocycles. The Hall–Kier alpha value is -2.01. The second-order valence-corrected chi connectivity index (χ2v) is 5.68. The maximum absolute atomic E-state index is 5.88. The number of hydrogen-bond acceptors (Lipinski definition) is 4. The summed E-state index contributed by atoms with van der Waals surface area (Å²) in [5, 5.41) is 0. The van der Waals surface area contributed by atoms with Crippen molar-refractivity contribution in [1.82, 2.24) is 4.98 Å². The third-order valence-electron chi connectivity index (χ3n) is 3.11. The highest BCUT2D eigenvalue weighted by molar-refractivity contribution is 9.10. The highest BCUT2D eigenvalue weighted by Crippen LogP contribution is 2.34. The van der Waals surface area contributed by atoms with Gasteiger partial charge in [-0.2, -0.15) is 4.98 Å². The van der Waals surface area contributed by atoms with E-state index in [0.717, 1.165) is 16.5 Å². The van der Waals surface area contributed by atoms with Crippen LogP contribution in [0.1, 0.15) is 18.9 Å². The largest absolute Gasteiger partial charge is 0.486 e. The molecular weight excluding hydrogens is 346 g/mol. The third kappa shape index (κ3) is 3.25. The van der Waals surface area contributed by atoms with Crippen molar-refractivity contribution in [3.63, 3.8) is 0 Å². The lowest BCUT2D eigenvalue weighted by atomic mass is 10.2. The molecule has 0 atom stereocenters. The Labute approximate surface area is 137 Å². The summed E-state index contributed by atoms with van der Waals surface area (Å²) >= 11 is 3.46. The van der Waals surface area contributed by atoms with Crippen molar-refractivity contribution in [3.05, 3.63) is 52.5 Å². The summed E-state index contributed by atoms with van der Waals surface area (Å²) in [6, 6.07) is 13.8. The molecule has 3 rings (SSSR count). The maximum atomic E-state index is 5.88. The van der Waals surface area contributed by atoms with E-state index in [9.17, 15) is 0 Å². The van der Waals surface area contributed by atoms with Crippen LogP contribution in [0.3, 0.4) is 0 Å². The number of oxazole rings is 1. The standard InChI is InChI=1S/C17H16BrNO3/c1-2-10-20-17-19-15-14(9-8-13(18)16(15)22-17)21-11-12-6-4-3-5-7-12/h3-9H,2,10-11H2,1H3. The van der Waals surface area contributed by atoms with Gasteiger partial charge >= 0.3 is 6.08 Å². The SMILES string of the molecule is CCCOc1nc2c(OCc3ccccc3)ccc(Br)c2o1. The molecule has 0 N–H and O–H groups in total. The first-order chi connectivity index (χ1) is 10.8. The Morgan fingerprint density at radius 1 is 1.09 bits per heavy atom. The molecule has 0 aliphatic carbocycles. The number of hydrogen-bond donors (Lipinski definition) is 0. The molecule has 2 aromatic carbocycles. The zero-order chi connectivity index (χ0) is 15.4. The van der Waals surface area contributed by atoms with E-state index >= 15 is 0 Å². The van der Waals surface area contributed by atoms with E-state index in [2.05, 4.69) is 20.9 Å².